The van der Waals surface area contributed by atoms with E-state index >= 15 is 0 Å². The third-order valence-corrected chi connectivity index (χ3v) is 5.43. The fraction of sp³-hybridized carbons (Fsp3) is 0.474. The SMILES string of the molecule is N[C@@H](CCCCNCc1ccc2ccccc2n1)C(=O)N1CCSC1. The predicted molar refractivity (Wildman–Crippen MR) is 104 cm³/mol. The highest BCUT2D eigenvalue weighted by Crippen LogP contribution is 2.15. The second-order valence-corrected chi connectivity index (χ2v) is 7.49. The van der Waals surface area contributed by atoms with Gasteiger partial charge in [0.25, 0.3) is 0 Å². The number of hydrogen-bond acceptors (Lipinski definition) is 5. The molecule has 1 amide bonds. The van der Waals surface area contributed by atoms with Gasteiger partial charge in [0.2, 0.25) is 5.91 Å². The van der Waals surface area contributed by atoms with Gasteiger partial charge in [-0.3, -0.25) is 9.78 Å². The molecular weight excluding hydrogens is 332 g/mol. The zero-order valence-corrected chi connectivity index (χ0v) is 15.3. The average Bonchev–Trinajstić information content (AvgIpc) is 3.18. The van der Waals surface area contributed by atoms with Crippen LogP contribution in [0.15, 0.2) is 36.4 Å². The van der Waals surface area contributed by atoms with E-state index in [0.717, 1.165) is 61.7 Å². The molecule has 0 unspecified atom stereocenters. The first kappa shape index (κ1) is 18.2. The van der Waals surface area contributed by atoms with Crippen molar-refractivity contribution in [2.24, 2.45) is 5.73 Å². The predicted octanol–water partition coefficient (Wildman–Crippen LogP) is 2.35. The topological polar surface area (TPSA) is 71.2 Å². The molecule has 134 valence electrons. The number of carbonyl (C=O) groups excluding carboxylic acids is 1. The number of thioether (sulfide) groups is 1. The highest BCUT2D eigenvalue weighted by atomic mass is 32.2. The minimum Gasteiger partial charge on any atom is -0.331 e. The second kappa shape index (κ2) is 9.17. The molecule has 1 fully saturated rings. The molecule has 3 N–H and O–H groups in total. The van der Waals surface area contributed by atoms with Crippen molar-refractivity contribution >= 4 is 28.6 Å². The summed E-state index contributed by atoms with van der Waals surface area (Å²) in [6, 6.07) is 12.0. The summed E-state index contributed by atoms with van der Waals surface area (Å²) in [5, 5.41) is 4.59. The Labute approximate surface area is 153 Å². The molecule has 2 aromatic rings. The minimum atomic E-state index is -0.346. The molecule has 5 nitrogen and oxygen atoms in total. The first-order valence-electron chi connectivity index (χ1n) is 8.91. The van der Waals surface area contributed by atoms with Crippen molar-refractivity contribution in [1.29, 1.82) is 0 Å². The van der Waals surface area contributed by atoms with E-state index in [1.807, 2.05) is 23.1 Å². The van der Waals surface area contributed by atoms with Crippen molar-refractivity contribution in [3.8, 4) is 0 Å². The van der Waals surface area contributed by atoms with Crippen LogP contribution in [0.1, 0.15) is 25.0 Å². The normalized spacial score (nSPS) is 15.6. The summed E-state index contributed by atoms with van der Waals surface area (Å²) in [6.45, 7) is 2.52. The third-order valence-electron chi connectivity index (χ3n) is 4.46. The molecule has 1 aliphatic heterocycles. The first-order valence-corrected chi connectivity index (χ1v) is 10.1. The van der Waals surface area contributed by atoms with Gasteiger partial charge in [0, 0.05) is 24.2 Å². The number of unbranched alkanes of at least 4 members (excludes halogenated alkanes) is 1. The Hall–Kier alpha value is -1.63. The Bertz CT molecular complexity index is 703. The van der Waals surface area contributed by atoms with E-state index in [9.17, 15) is 4.79 Å². The Kier molecular flexibility index (Phi) is 6.67. The standard InChI is InChI=1S/C19H26N4OS/c20-17(19(24)23-11-12-25-14-23)6-3-4-10-21-13-16-9-8-15-5-1-2-7-18(15)22-16/h1-2,5,7-9,17,21H,3-4,6,10-14,20H2/t17-/m0/s1. The number of rotatable bonds is 8. The maximum absolute atomic E-state index is 12.1. The molecule has 2 heterocycles. The van der Waals surface area contributed by atoms with Gasteiger partial charge >= 0.3 is 0 Å². The maximum Gasteiger partial charge on any atom is 0.240 e. The van der Waals surface area contributed by atoms with Crippen LogP contribution in [-0.4, -0.2) is 46.6 Å². The number of nitrogens with one attached hydrogen (secondary N) is 1. The van der Waals surface area contributed by atoms with E-state index in [2.05, 4.69) is 28.5 Å². The lowest BCUT2D eigenvalue weighted by atomic mass is 10.1. The lowest BCUT2D eigenvalue weighted by Gasteiger charge is -2.19. The van der Waals surface area contributed by atoms with Gasteiger partial charge < -0.3 is 16.0 Å². The maximum atomic E-state index is 12.1. The number of amides is 1. The largest absolute Gasteiger partial charge is 0.331 e. The summed E-state index contributed by atoms with van der Waals surface area (Å²) in [6.07, 6.45) is 2.74. The van der Waals surface area contributed by atoms with Crippen LogP contribution < -0.4 is 11.1 Å². The third kappa shape index (κ3) is 5.17. The van der Waals surface area contributed by atoms with Crippen LogP contribution >= 0.6 is 11.8 Å². The fourth-order valence-corrected chi connectivity index (χ4v) is 3.94. The molecule has 6 heteroatoms. The van der Waals surface area contributed by atoms with Crippen molar-refractivity contribution in [3.05, 3.63) is 42.1 Å². The summed E-state index contributed by atoms with van der Waals surface area (Å²) in [5.74, 6) is 1.94. The summed E-state index contributed by atoms with van der Waals surface area (Å²) in [5.41, 5.74) is 8.11. The number of hydrogen-bond donors (Lipinski definition) is 2. The lowest BCUT2D eigenvalue weighted by Crippen LogP contribution is -2.42. The number of aromatic nitrogens is 1. The first-order chi connectivity index (χ1) is 12.2. The van der Waals surface area contributed by atoms with E-state index in [4.69, 9.17) is 5.73 Å². The van der Waals surface area contributed by atoms with E-state index in [1.165, 1.54) is 5.39 Å². The fourth-order valence-electron chi connectivity index (χ4n) is 2.98. The molecule has 0 spiro atoms. The molecule has 3 rings (SSSR count). The minimum absolute atomic E-state index is 0.110. The Balaban J connectivity index is 1.32. The molecule has 0 bridgehead atoms. The van der Waals surface area contributed by atoms with Crippen molar-refractivity contribution < 1.29 is 4.79 Å². The average molecular weight is 359 g/mol. The molecule has 1 aliphatic rings. The Morgan fingerprint density at radius 1 is 1.28 bits per heavy atom. The van der Waals surface area contributed by atoms with E-state index in [1.54, 1.807) is 11.8 Å². The summed E-state index contributed by atoms with van der Waals surface area (Å²) < 4.78 is 0. The number of nitrogens with zero attached hydrogens (tertiary/aromatic N) is 2. The summed E-state index contributed by atoms with van der Waals surface area (Å²) >= 11 is 1.79. The molecule has 1 aromatic carbocycles. The van der Waals surface area contributed by atoms with Crippen LogP contribution in [0.3, 0.4) is 0 Å². The molecule has 0 aliphatic carbocycles. The van der Waals surface area contributed by atoms with E-state index in [0.29, 0.717) is 0 Å². The molecule has 25 heavy (non-hydrogen) atoms. The van der Waals surface area contributed by atoms with Crippen LogP contribution in [0.2, 0.25) is 0 Å². The van der Waals surface area contributed by atoms with Gasteiger partial charge in [0.05, 0.1) is 23.1 Å². The van der Waals surface area contributed by atoms with E-state index in [-0.39, 0.29) is 11.9 Å². The number of benzene rings is 1. The number of fused-ring (bicyclic) bond motifs is 1. The van der Waals surface area contributed by atoms with Crippen LogP contribution in [0.25, 0.3) is 10.9 Å². The lowest BCUT2D eigenvalue weighted by molar-refractivity contribution is -0.131. The van der Waals surface area contributed by atoms with Crippen LogP contribution in [0.5, 0.6) is 0 Å². The highest BCUT2D eigenvalue weighted by Gasteiger charge is 2.23. The molecule has 0 saturated carbocycles. The van der Waals surface area contributed by atoms with Gasteiger partial charge in [-0.05, 0) is 31.5 Å². The summed E-state index contributed by atoms with van der Waals surface area (Å²) in [7, 11) is 0. The van der Waals surface area contributed by atoms with Crippen molar-refractivity contribution in [2.45, 2.75) is 31.8 Å². The van der Waals surface area contributed by atoms with Crippen molar-refractivity contribution in [3.63, 3.8) is 0 Å². The molecule has 1 saturated heterocycles. The number of nitrogens with two attached hydrogens (primary N) is 1. The number of pyridine rings is 1. The van der Waals surface area contributed by atoms with Gasteiger partial charge in [-0.2, -0.15) is 0 Å². The smallest absolute Gasteiger partial charge is 0.240 e. The van der Waals surface area contributed by atoms with Crippen molar-refractivity contribution in [2.75, 3.05) is 24.7 Å². The molecule has 1 atom stereocenters. The van der Waals surface area contributed by atoms with Crippen LogP contribution in [0, 0.1) is 0 Å². The quantitative estimate of drug-likeness (QED) is 0.709. The van der Waals surface area contributed by atoms with Gasteiger partial charge in [-0.25, -0.2) is 0 Å². The van der Waals surface area contributed by atoms with Crippen LogP contribution in [0.4, 0.5) is 0 Å². The monoisotopic (exact) mass is 358 g/mol. The van der Waals surface area contributed by atoms with E-state index < -0.39 is 0 Å². The zero-order chi connectivity index (χ0) is 17.5. The van der Waals surface area contributed by atoms with Crippen molar-refractivity contribution in [1.82, 2.24) is 15.2 Å². The number of carbonyl (C=O) groups is 1. The highest BCUT2D eigenvalue weighted by molar-refractivity contribution is 7.99. The molecular formula is C19H26N4OS. The molecule has 1 aromatic heterocycles. The molecule has 0 radical (unpaired) electrons. The van der Waals surface area contributed by atoms with Gasteiger partial charge in [0.15, 0.2) is 0 Å². The van der Waals surface area contributed by atoms with Crippen LogP contribution in [-0.2, 0) is 11.3 Å². The van der Waals surface area contributed by atoms with Gasteiger partial charge in [-0.1, -0.05) is 30.7 Å². The Morgan fingerprint density at radius 3 is 3.00 bits per heavy atom. The Morgan fingerprint density at radius 2 is 2.16 bits per heavy atom. The van der Waals surface area contributed by atoms with Gasteiger partial charge in [0.1, 0.15) is 0 Å². The second-order valence-electron chi connectivity index (χ2n) is 6.41. The number of para-hydroxylation sites is 1. The summed E-state index contributed by atoms with van der Waals surface area (Å²) in [4.78, 5) is 18.6. The zero-order valence-electron chi connectivity index (χ0n) is 14.5. The van der Waals surface area contributed by atoms with Gasteiger partial charge in [-0.15, -0.1) is 11.8 Å².